The zero-order chi connectivity index (χ0) is 15.1. The molecule has 6 nitrogen and oxygen atoms in total. The Bertz CT molecular complexity index is 581. The number of nitrogens with zero attached hydrogens (tertiary/aromatic N) is 2. The van der Waals surface area contributed by atoms with E-state index in [1.54, 1.807) is 17.8 Å². The van der Waals surface area contributed by atoms with Crippen LogP contribution in [0.2, 0.25) is 0 Å². The number of aliphatic carboxylic acids is 1. The summed E-state index contributed by atoms with van der Waals surface area (Å²) in [5.74, 6) is -0.915. The first-order chi connectivity index (χ1) is 10.0. The van der Waals surface area contributed by atoms with Crippen LogP contribution in [-0.4, -0.2) is 32.8 Å². The molecule has 2 N–H and O–H groups in total. The fourth-order valence-electron chi connectivity index (χ4n) is 3.99. The SMILES string of the molecule is CCc1cc(C(=O)NC2C3CCC(C3)C2C(=O)O)n(C)n1. The molecule has 0 aliphatic heterocycles. The van der Waals surface area contributed by atoms with Crippen molar-refractivity contribution in [2.45, 2.75) is 38.6 Å². The fourth-order valence-corrected chi connectivity index (χ4v) is 3.99. The molecule has 1 aromatic rings. The minimum atomic E-state index is -0.785. The lowest BCUT2D eigenvalue weighted by Gasteiger charge is -2.28. The number of carboxylic acids is 1. The summed E-state index contributed by atoms with van der Waals surface area (Å²) < 4.78 is 1.57. The van der Waals surface area contributed by atoms with Crippen LogP contribution in [-0.2, 0) is 18.3 Å². The molecule has 0 saturated heterocycles. The van der Waals surface area contributed by atoms with E-state index >= 15 is 0 Å². The second-order valence-electron chi connectivity index (χ2n) is 6.19. The molecule has 2 bridgehead atoms. The summed E-state index contributed by atoms with van der Waals surface area (Å²) in [5.41, 5.74) is 1.36. The van der Waals surface area contributed by atoms with Crippen LogP contribution >= 0.6 is 0 Å². The van der Waals surface area contributed by atoms with Crippen LogP contribution in [0.5, 0.6) is 0 Å². The number of aromatic nitrogens is 2. The lowest BCUT2D eigenvalue weighted by atomic mass is 9.84. The van der Waals surface area contributed by atoms with Crippen molar-refractivity contribution < 1.29 is 14.7 Å². The van der Waals surface area contributed by atoms with E-state index in [1.807, 2.05) is 6.92 Å². The second-order valence-corrected chi connectivity index (χ2v) is 6.19. The third-order valence-corrected chi connectivity index (χ3v) is 5.02. The summed E-state index contributed by atoms with van der Waals surface area (Å²) in [6.07, 6.45) is 3.69. The molecule has 2 saturated carbocycles. The van der Waals surface area contributed by atoms with Crippen molar-refractivity contribution >= 4 is 11.9 Å². The number of hydrogen-bond donors (Lipinski definition) is 2. The predicted octanol–water partition coefficient (Wildman–Crippen LogP) is 1.21. The van der Waals surface area contributed by atoms with Crippen molar-refractivity contribution in [1.82, 2.24) is 15.1 Å². The van der Waals surface area contributed by atoms with Crippen LogP contribution in [0.25, 0.3) is 0 Å². The zero-order valence-electron chi connectivity index (χ0n) is 12.4. The highest BCUT2D eigenvalue weighted by Crippen LogP contribution is 2.48. The van der Waals surface area contributed by atoms with Crippen molar-refractivity contribution in [3.63, 3.8) is 0 Å². The number of amides is 1. The van der Waals surface area contributed by atoms with Gasteiger partial charge >= 0.3 is 5.97 Å². The predicted molar refractivity (Wildman–Crippen MR) is 75.8 cm³/mol. The lowest BCUT2D eigenvalue weighted by Crippen LogP contribution is -2.47. The summed E-state index contributed by atoms with van der Waals surface area (Å²) >= 11 is 0. The Labute approximate surface area is 123 Å². The molecule has 114 valence electrons. The van der Waals surface area contributed by atoms with E-state index in [0.717, 1.165) is 31.4 Å². The molecule has 4 unspecified atom stereocenters. The molecular weight excluding hydrogens is 270 g/mol. The van der Waals surface area contributed by atoms with Crippen LogP contribution in [0, 0.1) is 17.8 Å². The average molecular weight is 291 g/mol. The van der Waals surface area contributed by atoms with Crippen molar-refractivity contribution in [3.8, 4) is 0 Å². The van der Waals surface area contributed by atoms with Gasteiger partial charge in [-0.25, -0.2) is 0 Å². The first-order valence-corrected chi connectivity index (χ1v) is 7.57. The first kappa shape index (κ1) is 14.1. The van der Waals surface area contributed by atoms with E-state index in [9.17, 15) is 14.7 Å². The Kier molecular flexibility index (Phi) is 3.47. The Balaban J connectivity index is 1.77. The number of fused-ring (bicyclic) bond motifs is 2. The number of rotatable bonds is 4. The van der Waals surface area contributed by atoms with Crippen LogP contribution in [0.3, 0.4) is 0 Å². The fraction of sp³-hybridized carbons (Fsp3) is 0.667. The summed E-state index contributed by atoms with van der Waals surface area (Å²) in [4.78, 5) is 23.9. The smallest absolute Gasteiger partial charge is 0.308 e. The molecule has 2 aliphatic rings. The number of hydrogen-bond acceptors (Lipinski definition) is 3. The molecule has 4 atom stereocenters. The summed E-state index contributed by atoms with van der Waals surface area (Å²) in [6, 6.07) is 1.53. The van der Waals surface area contributed by atoms with Crippen LogP contribution < -0.4 is 5.32 Å². The lowest BCUT2D eigenvalue weighted by molar-refractivity contribution is -0.144. The molecule has 3 rings (SSSR count). The molecule has 0 spiro atoms. The maximum Gasteiger partial charge on any atom is 0.308 e. The Morgan fingerprint density at radius 2 is 2.14 bits per heavy atom. The quantitative estimate of drug-likeness (QED) is 0.873. The maximum atomic E-state index is 12.4. The van der Waals surface area contributed by atoms with Gasteiger partial charge in [0, 0.05) is 13.1 Å². The molecule has 1 heterocycles. The molecule has 21 heavy (non-hydrogen) atoms. The third kappa shape index (κ3) is 2.32. The van der Waals surface area contributed by atoms with Gasteiger partial charge in [0.25, 0.3) is 5.91 Å². The standard InChI is InChI=1S/C15H21N3O3/c1-3-10-7-11(18(2)17-10)14(19)16-13-9-5-4-8(6-9)12(13)15(20)21/h7-9,12-13H,3-6H2,1-2H3,(H,16,19)(H,20,21). The van der Waals surface area contributed by atoms with Gasteiger partial charge in [-0.05, 0) is 43.6 Å². The van der Waals surface area contributed by atoms with Gasteiger partial charge in [0.05, 0.1) is 11.6 Å². The number of nitrogens with one attached hydrogen (secondary N) is 1. The molecule has 2 fully saturated rings. The summed E-state index contributed by atoms with van der Waals surface area (Å²) in [5, 5.41) is 16.6. The summed E-state index contributed by atoms with van der Waals surface area (Å²) in [6.45, 7) is 1.99. The van der Waals surface area contributed by atoms with Crippen LogP contribution in [0.15, 0.2) is 6.07 Å². The number of carbonyl (C=O) groups excluding carboxylic acids is 1. The normalized spacial score (nSPS) is 30.6. The van der Waals surface area contributed by atoms with Gasteiger partial charge < -0.3 is 10.4 Å². The van der Waals surface area contributed by atoms with E-state index in [2.05, 4.69) is 10.4 Å². The highest BCUT2D eigenvalue weighted by molar-refractivity contribution is 5.93. The largest absolute Gasteiger partial charge is 0.481 e. The zero-order valence-corrected chi connectivity index (χ0v) is 12.4. The van der Waals surface area contributed by atoms with E-state index in [1.165, 1.54) is 0 Å². The number of carboxylic acid groups (broad SMARTS) is 1. The Hall–Kier alpha value is -1.85. The average Bonchev–Trinajstić information content (AvgIpc) is 3.11. The highest BCUT2D eigenvalue weighted by atomic mass is 16.4. The monoisotopic (exact) mass is 291 g/mol. The number of carbonyl (C=O) groups is 2. The van der Waals surface area contributed by atoms with Gasteiger partial charge in [-0.15, -0.1) is 0 Å². The number of aryl methyl sites for hydroxylation is 2. The minimum Gasteiger partial charge on any atom is -0.481 e. The molecule has 0 aromatic carbocycles. The minimum absolute atomic E-state index is 0.214. The van der Waals surface area contributed by atoms with Crippen molar-refractivity contribution in [1.29, 1.82) is 0 Å². The molecule has 6 heteroatoms. The van der Waals surface area contributed by atoms with E-state index in [0.29, 0.717) is 11.6 Å². The first-order valence-electron chi connectivity index (χ1n) is 7.57. The molecular formula is C15H21N3O3. The van der Waals surface area contributed by atoms with E-state index in [-0.39, 0.29) is 17.9 Å². The topological polar surface area (TPSA) is 84.2 Å². The van der Waals surface area contributed by atoms with Gasteiger partial charge in [0.2, 0.25) is 0 Å². The van der Waals surface area contributed by atoms with E-state index in [4.69, 9.17) is 0 Å². The van der Waals surface area contributed by atoms with Gasteiger partial charge in [-0.2, -0.15) is 5.10 Å². The van der Waals surface area contributed by atoms with E-state index < -0.39 is 11.9 Å². The summed E-state index contributed by atoms with van der Waals surface area (Å²) in [7, 11) is 1.74. The molecule has 1 amide bonds. The molecule has 0 radical (unpaired) electrons. The van der Waals surface area contributed by atoms with Gasteiger partial charge in [-0.3, -0.25) is 14.3 Å². The Morgan fingerprint density at radius 3 is 2.76 bits per heavy atom. The Morgan fingerprint density at radius 1 is 1.43 bits per heavy atom. The molecule has 2 aliphatic carbocycles. The van der Waals surface area contributed by atoms with Crippen LogP contribution in [0.1, 0.15) is 42.4 Å². The third-order valence-electron chi connectivity index (χ3n) is 5.02. The maximum absolute atomic E-state index is 12.4. The van der Waals surface area contributed by atoms with Gasteiger partial charge in [0.15, 0.2) is 0 Å². The second kappa shape index (κ2) is 5.16. The van der Waals surface area contributed by atoms with Crippen molar-refractivity contribution in [2.24, 2.45) is 24.8 Å². The van der Waals surface area contributed by atoms with Gasteiger partial charge in [-0.1, -0.05) is 6.92 Å². The highest BCUT2D eigenvalue weighted by Gasteiger charge is 2.51. The van der Waals surface area contributed by atoms with Crippen LogP contribution in [0.4, 0.5) is 0 Å². The van der Waals surface area contributed by atoms with Crippen molar-refractivity contribution in [3.05, 3.63) is 17.5 Å². The van der Waals surface area contributed by atoms with Gasteiger partial charge in [0.1, 0.15) is 5.69 Å². The van der Waals surface area contributed by atoms with Crippen molar-refractivity contribution in [2.75, 3.05) is 0 Å². The molecule has 1 aromatic heterocycles.